The van der Waals surface area contributed by atoms with Gasteiger partial charge in [0.25, 0.3) is 11.8 Å². The fourth-order valence-electron chi connectivity index (χ4n) is 2.73. The smallest absolute Gasteiger partial charge is 0.257 e. The lowest BCUT2D eigenvalue weighted by molar-refractivity contribution is 0.102. The largest absolute Gasteiger partial charge is 0.495 e. The number of hydrogen-bond acceptors (Lipinski definition) is 4. The van der Waals surface area contributed by atoms with E-state index in [2.05, 4.69) is 15.6 Å². The first-order valence-corrected chi connectivity index (χ1v) is 8.75. The summed E-state index contributed by atoms with van der Waals surface area (Å²) in [6.07, 6.45) is 2.84. The van der Waals surface area contributed by atoms with Crippen LogP contribution in [0.25, 0.3) is 0 Å². The van der Waals surface area contributed by atoms with E-state index in [1.54, 1.807) is 12.1 Å². The fourth-order valence-corrected chi connectivity index (χ4v) is 2.73. The van der Waals surface area contributed by atoms with Gasteiger partial charge in [0.2, 0.25) is 0 Å². The maximum absolute atomic E-state index is 12.6. The molecule has 0 spiro atoms. The van der Waals surface area contributed by atoms with E-state index in [0.29, 0.717) is 22.7 Å². The molecule has 3 aromatic rings. The van der Waals surface area contributed by atoms with Crippen LogP contribution in [-0.4, -0.2) is 23.9 Å². The van der Waals surface area contributed by atoms with Crippen molar-refractivity contribution >= 4 is 23.2 Å². The lowest BCUT2D eigenvalue weighted by Crippen LogP contribution is -2.16. The van der Waals surface area contributed by atoms with Crippen LogP contribution in [0.3, 0.4) is 0 Å². The summed E-state index contributed by atoms with van der Waals surface area (Å²) in [7, 11) is 1.54. The van der Waals surface area contributed by atoms with Gasteiger partial charge in [0.15, 0.2) is 0 Å². The van der Waals surface area contributed by atoms with Gasteiger partial charge in [0.05, 0.1) is 23.9 Å². The summed E-state index contributed by atoms with van der Waals surface area (Å²) in [6, 6.07) is 14.5. The van der Waals surface area contributed by atoms with Gasteiger partial charge in [0.1, 0.15) is 5.75 Å². The molecule has 2 aromatic carbocycles. The zero-order valence-corrected chi connectivity index (χ0v) is 15.9. The molecule has 0 aliphatic heterocycles. The number of hydrogen-bond donors (Lipinski definition) is 2. The summed E-state index contributed by atoms with van der Waals surface area (Å²) in [6.45, 7) is 3.87. The molecule has 6 nitrogen and oxygen atoms in total. The molecule has 0 saturated heterocycles. The third kappa shape index (κ3) is 4.54. The third-order valence-corrected chi connectivity index (χ3v) is 4.14. The molecule has 0 atom stereocenters. The van der Waals surface area contributed by atoms with Crippen molar-refractivity contribution in [2.24, 2.45) is 0 Å². The number of carbonyl (C=O) groups excluding carboxylic acids is 2. The van der Waals surface area contributed by atoms with Gasteiger partial charge < -0.3 is 15.4 Å². The highest BCUT2D eigenvalue weighted by atomic mass is 16.5. The molecule has 3 rings (SSSR count). The Balaban J connectivity index is 1.78. The van der Waals surface area contributed by atoms with E-state index in [1.165, 1.54) is 25.6 Å². The van der Waals surface area contributed by atoms with Crippen LogP contribution in [0, 0.1) is 13.8 Å². The number of rotatable bonds is 5. The molecular formula is C22H21N3O3. The molecule has 0 unspecified atom stereocenters. The Morgan fingerprint density at radius 1 is 0.857 bits per heavy atom. The summed E-state index contributed by atoms with van der Waals surface area (Å²) in [5.74, 6) is -0.150. The van der Waals surface area contributed by atoms with Crippen LogP contribution < -0.4 is 15.4 Å². The average molecular weight is 375 g/mol. The lowest BCUT2D eigenvalue weighted by atomic mass is 10.1. The van der Waals surface area contributed by atoms with E-state index < -0.39 is 0 Å². The number of nitrogens with one attached hydrogen (secondary N) is 2. The molecule has 2 amide bonds. The quantitative estimate of drug-likeness (QED) is 0.700. The van der Waals surface area contributed by atoms with Crippen molar-refractivity contribution in [2.75, 3.05) is 17.7 Å². The lowest BCUT2D eigenvalue weighted by Gasteiger charge is -2.11. The predicted octanol–water partition coefficient (Wildman–Crippen LogP) is 4.21. The second-order valence-corrected chi connectivity index (χ2v) is 6.44. The van der Waals surface area contributed by atoms with E-state index in [-0.39, 0.29) is 17.4 Å². The Kier molecular flexibility index (Phi) is 5.69. The van der Waals surface area contributed by atoms with E-state index in [9.17, 15) is 9.59 Å². The van der Waals surface area contributed by atoms with Crippen LogP contribution in [0.15, 0.2) is 60.9 Å². The van der Waals surface area contributed by atoms with Crippen LogP contribution in [-0.2, 0) is 0 Å². The van der Waals surface area contributed by atoms with Crippen LogP contribution in [0.4, 0.5) is 11.4 Å². The zero-order chi connectivity index (χ0) is 20.1. The first-order valence-electron chi connectivity index (χ1n) is 8.75. The Morgan fingerprint density at radius 2 is 1.54 bits per heavy atom. The number of pyridine rings is 1. The second kappa shape index (κ2) is 8.35. The first kappa shape index (κ1) is 19.1. The Morgan fingerprint density at radius 3 is 2.21 bits per heavy atom. The molecule has 2 N–H and O–H groups in total. The van der Waals surface area contributed by atoms with Crippen molar-refractivity contribution in [3.63, 3.8) is 0 Å². The zero-order valence-electron chi connectivity index (χ0n) is 15.9. The minimum absolute atomic E-state index is 0.278. The van der Waals surface area contributed by atoms with Gasteiger partial charge in [0, 0.05) is 18.1 Å². The van der Waals surface area contributed by atoms with Crippen molar-refractivity contribution in [1.82, 2.24) is 4.98 Å². The molecular weight excluding hydrogens is 354 g/mol. The maximum Gasteiger partial charge on any atom is 0.257 e. The molecule has 1 heterocycles. The molecule has 0 fully saturated rings. The first-order chi connectivity index (χ1) is 13.5. The van der Waals surface area contributed by atoms with Gasteiger partial charge in [-0.1, -0.05) is 18.2 Å². The number of carbonyl (C=O) groups is 2. The molecule has 1 aromatic heterocycles. The number of methoxy groups -OCH3 is 1. The van der Waals surface area contributed by atoms with Gasteiger partial charge >= 0.3 is 0 Å². The number of nitrogens with zero attached hydrogens (tertiary/aromatic N) is 1. The molecule has 0 saturated carbocycles. The maximum atomic E-state index is 12.6. The minimum atomic E-state index is -0.374. The average Bonchev–Trinajstić information content (AvgIpc) is 2.68. The third-order valence-electron chi connectivity index (χ3n) is 4.14. The van der Waals surface area contributed by atoms with E-state index in [0.717, 1.165) is 11.1 Å². The van der Waals surface area contributed by atoms with Gasteiger partial charge in [-0.2, -0.15) is 0 Å². The van der Waals surface area contributed by atoms with Gasteiger partial charge in [-0.25, -0.2) is 0 Å². The molecule has 6 heteroatoms. The van der Waals surface area contributed by atoms with E-state index in [4.69, 9.17) is 4.74 Å². The van der Waals surface area contributed by atoms with Crippen molar-refractivity contribution in [1.29, 1.82) is 0 Å². The van der Waals surface area contributed by atoms with Gasteiger partial charge in [-0.05, 0) is 55.3 Å². The predicted molar refractivity (Wildman–Crippen MR) is 109 cm³/mol. The highest BCUT2D eigenvalue weighted by molar-refractivity contribution is 6.08. The fraction of sp³-hybridized carbons (Fsp3) is 0.136. The second-order valence-electron chi connectivity index (χ2n) is 6.44. The van der Waals surface area contributed by atoms with Crippen molar-refractivity contribution in [3.8, 4) is 5.75 Å². The van der Waals surface area contributed by atoms with Crippen molar-refractivity contribution < 1.29 is 14.3 Å². The molecule has 0 aliphatic carbocycles. The van der Waals surface area contributed by atoms with Crippen molar-refractivity contribution in [2.45, 2.75) is 13.8 Å². The topological polar surface area (TPSA) is 80.3 Å². The minimum Gasteiger partial charge on any atom is -0.495 e. The SMILES string of the molecule is COc1ccc(C)cc1NC(=O)c1cncc(C(=O)Nc2cccc(C)c2)c1. The van der Waals surface area contributed by atoms with Gasteiger partial charge in [-0.3, -0.25) is 14.6 Å². The monoisotopic (exact) mass is 375 g/mol. The molecule has 28 heavy (non-hydrogen) atoms. The molecule has 0 radical (unpaired) electrons. The standard InChI is InChI=1S/C22H21N3O3/c1-14-5-4-6-18(9-14)24-21(26)16-11-17(13-23-12-16)22(27)25-19-10-15(2)7-8-20(19)28-3/h4-13H,1-3H3,(H,24,26)(H,25,27). The number of aromatic nitrogens is 1. The van der Waals surface area contributed by atoms with E-state index >= 15 is 0 Å². The van der Waals surface area contributed by atoms with Crippen LogP contribution in [0.1, 0.15) is 31.8 Å². The highest BCUT2D eigenvalue weighted by Crippen LogP contribution is 2.25. The summed E-state index contributed by atoms with van der Waals surface area (Å²) in [5, 5.41) is 5.62. The number of aryl methyl sites for hydroxylation is 2. The normalized spacial score (nSPS) is 10.2. The Labute approximate surface area is 163 Å². The summed E-state index contributed by atoms with van der Waals surface area (Å²) < 4.78 is 5.28. The molecule has 142 valence electrons. The highest BCUT2D eigenvalue weighted by Gasteiger charge is 2.14. The van der Waals surface area contributed by atoms with Crippen LogP contribution in [0.5, 0.6) is 5.75 Å². The number of amides is 2. The van der Waals surface area contributed by atoms with Crippen LogP contribution in [0.2, 0.25) is 0 Å². The summed E-state index contributed by atoms with van der Waals surface area (Å²) in [4.78, 5) is 29.2. The Hall–Kier alpha value is -3.67. The van der Waals surface area contributed by atoms with Gasteiger partial charge in [-0.15, -0.1) is 0 Å². The number of benzene rings is 2. The molecule has 0 aliphatic rings. The van der Waals surface area contributed by atoms with Crippen LogP contribution >= 0.6 is 0 Å². The number of ether oxygens (including phenoxy) is 1. The summed E-state index contributed by atoms with van der Waals surface area (Å²) in [5.41, 5.74) is 3.84. The molecule has 0 bridgehead atoms. The number of anilines is 2. The Bertz CT molecular complexity index is 1030. The summed E-state index contributed by atoms with van der Waals surface area (Å²) >= 11 is 0. The van der Waals surface area contributed by atoms with E-state index in [1.807, 2.05) is 44.2 Å². The van der Waals surface area contributed by atoms with Crippen molar-refractivity contribution in [3.05, 3.63) is 83.2 Å².